The van der Waals surface area contributed by atoms with E-state index in [2.05, 4.69) is 10.1 Å². The molecule has 0 saturated heterocycles. The highest BCUT2D eigenvalue weighted by Gasteiger charge is 2.16. The van der Waals surface area contributed by atoms with E-state index < -0.39 is 5.97 Å². The fourth-order valence-corrected chi connectivity index (χ4v) is 2.22. The van der Waals surface area contributed by atoms with E-state index in [1.54, 1.807) is 12.1 Å². The Balaban J connectivity index is 1.69. The van der Waals surface area contributed by atoms with Crippen LogP contribution in [0.5, 0.6) is 5.75 Å². The average Bonchev–Trinajstić information content (AvgIpc) is 3.09. The van der Waals surface area contributed by atoms with Gasteiger partial charge in [0.1, 0.15) is 17.1 Å². The van der Waals surface area contributed by atoms with Crippen molar-refractivity contribution in [2.75, 3.05) is 7.11 Å². The van der Waals surface area contributed by atoms with Gasteiger partial charge >= 0.3 is 5.97 Å². The minimum atomic E-state index is -0.554. The van der Waals surface area contributed by atoms with Gasteiger partial charge < -0.3 is 14.0 Å². The number of halogens is 1. The molecule has 0 atom stereocenters. The summed E-state index contributed by atoms with van der Waals surface area (Å²) in [6.45, 7) is 1.69. The van der Waals surface area contributed by atoms with Crippen molar-refractivity contribution in [1.82, 2.24) is 10.1 Å². The molecule has 1 heterocycles. The van der Waals surface area contributed by atoms with E-state index in [9.17, 15) is 9.18 Å². The van der Waals surface area contributed by atoms with Gasteiger partial charge in [-0.25, -0.2) is 9.18 Å². The zero-order valence-electron chi connectivity index (χ0n) is 13.7. The van der Waals surface area contributed by atoms with E-state index in [1.165, 1.54) is 31.4 Å². The van der Waals surface area contributed by atoms with Gasteiger partial charge in [0, 0.05) is 5.56 Å². The molecule has 0 saturated carbocycles. The summed E-state index contributed by atoms with van der Waals surface area (Å²) < 4.78 is 28.4. The molecule has 128 valence electrons. The molecule has 0 aliphatic rings. The van der Waals surface area contributed by atoms with E-state index in [0.717, 1.165) is 5.56 Å². The number of carbonyl (C=O) groups is 1. The summed E-state index contributed by atoms with van der Waals surface area (Å²) in [6.07, 6.45) is 0. The van der Waals surface area contributed by atoms with Crippen LogP contribution < -0.4 is 4.74 Å². The number of hydrogen-bond donors (Lipinski definition) is 0. The maximum Gasteiger partial charge on any atom is 0.342 e. The second-order valence-electron chi connectivity index (χ2n) is 5.30. The number of ether oxygens (including phenoxy) is 2. The molecule has 3 aromatic rings. The quantitative estimate of drug-likeness (QED) is 0.660. The molecule has 0 aliphatic carbocycles. The van der Waals surface area contributed by atoms with Gasteiger partial charge in [-0.05, 0) is 43.3 Å². The van der Waals surface area contributed by atoms with Crippen molar-refractivity contribution in [2.45, 2.75) is 13.5 Å². The topological polar surface area (TPSA) is 74.5 Å². The molecule has 0 fully saturated rings. The van der Waals surface area contributed by atoms with E-state index in [1.807, 2.05) is 13.0 Å². The standard InChI is InChI=1S/C18H15FN2O4/c1-11-3-8-15(23-2)14(9-11)18(22)24-10-16-20-17(21-25-16)12-4-6-13(19)7-5-12/h3-9H,10H2,1-2H3. The van der Waals surface area contributed by atoms with Gasteiger partial charge in [-0.2, -0.15) is 4.98 Å². The number of rotatable bonds is 5. The van der Waals surface area contributed by atoms with Crippen LogP contribution in [0.15, 0.2) is 47.0 Å². The Labute approximate surface area is 143 Å². The lowest BCUT2D eigenvalue weighted by molar-refractivity contribution is 0.0426. The summed E-state index contributed by atoms with van der Waals surface area (Å²) in [6, 6.07) is 10.9. The molecular formula is C18H15FN2O4. The van der Waals surface area contributed by atoms with Gasteiger partial charge in [0.2, 0.25) is 5.82 Å². The lowest BCUT2D eigenvalue weighted by Gasteiger charge is -2.08. The first-order chi connectivity index (χ1) is 12.1. The van der Waals surface area contributed by atoms with Crippen molar-refractivity contribution in [1.29, 1.82) is 0 Å². The molecule has 25 heavy (non-hydrogen) atoms. The largest absolute Gasteiger partial charge is 0.496 e. The molecule has 0 aliphatic heterocycles. The van der Waals surface area contributed by atoms with Crippen molar-refractivity contribution in [3.05, 3.63) is 65.3 Å². The number of aromatic nitrogens is 2. The summed E-state index contributed by atoms with van der Waals surface area (Å²) in [5.41, 5.74) is 1.83. The molecular weight excluding hydrogens is 327 g/mol. The summed E-state index contributed by atoms with van der Waals surface area (Å²) in [5.74, 6) is -0.0535. The number of carbonyl (C=O) groups excluding carboxylic acids is 1. The number of benzene rings is 2. The van der Waals surface area contributed by atoms with Crippen molar-refractivity contribution < 1.29 is 23.2 Å². The van der Waals surface area contributed by atoms with Crippen molar-refractivity contribution in [3.8, 4) is 17.1 Å². The van der Waals surface area contributed by atoms with Crippen molar-refractivity contribution in [3.63, 3.8) is 0 Å². The van der Waals surface area contributed by atoms with Crippen LogP contribution in [-0.2, 0) is 11.3 Å². The molecule has 6 nitrogen and oxygen atoms in total. The highest BCUT2D eigenvalue weighted by molar-refractivity contribution is 5.92. The second kappa shape index (κ2) is 7.12. The monoisotopic (exact) mass is 342 g/mol. The van der Waals surface area contributed by atoms with Gasteiger partial charge in [0.25, 0.3) is 5.89 Å². The highest BCUT2D eigenvalue weighted by atomic mass is 19.1. The summed E-state index contributed by atoms with van der Waals surface area (Å²) >= 11 is 0. The van der Waals surface area contributed by atoms with Gasteiger partial charge in [-0.15, -0.1) is 0 Å². The van der Waals surface area contributed by atoms with Crippen LogP contribution in [0.3, 0.4) is 0 Å². The summed E-state index contributed by atoms with van der Waals surface area (Å²) in [5, 5.41) is 3.79. The molecule has 2 aromatic carbocycles. The lowest BCUT2D eigenvalue weighted by Crippen LogP contribution is -2.07. The van der Waals surface area contributed by atoms with E-state index in [4.69, 9.17) is 14.0 Å². The predicted octanol–water partition coefficient (Wildman–Crippen LogP) is 3.55. The molecule has 0 unspecified atom stereocenters. The highest BCUT2D eigenvalue weighted by Crippen LogP contribution is 2.21. The third-order valence-corrected chi connectivity index (χ3v) is 3.47. The van der Waals surface area contributed by atoms with Gasteiger partial charge in [-0.3, -0.25) is 0 Å². The first-order valence-electron chi connectivity index (χ1n) is 7.47. The third-order valence-electron chi connectivity index (χ3n) is 3.47. The molecule has 0 radical (unpaired) electrons. The van der Waals surface area contributed by atoms with Crippen molar-refractivity contribution in [2.24, 2.45) is 0 Å². The number of hydrogen-bond acceptors (Lipinski definition) is 6. The van der Waals surface area contributed by atoms with E-state index in [0.29, 0.717) is 22.7 Å². The third kappa shape index (κ3) is 3.82. The zero-order chi connectivity index (χ0) is 17.8. The van der Waals surface area contributed by atoms with Crippen LogP contribution in [0, 0.1) is 12.7 Å². The smallest absolute Gasteiger partial charge is 0.342 e. The molecule has 3 rings (SSSR count). The van der Waals surface area contributed by atoms with Crippen molar-refractivity contribution >= 4 is 5.97 Å². The predicted molar refractivity (Wildman–Crippen MR) is 86.5 cm³/mol. The zero-order valence-corrected chi connectivity index (χ0v) is 13.7. The number of nitrogens with zero attached hydrogens (tertiary/aromatic N) is 2. The van der Waals surface area contributed by atoms with Gasteiger partial charge in [0.05, 0.1) is 7.11 Å². The van der Waals surface area contributed by atoms with Crippen LogP contribution in [0.4, 0.5) is 4.39 Å². The molecule has 0 N–H and O–H groups in total. The van der Waals surface area contributed by atoms with Gasteiger partial charge in [0.15, 0.2) is 6.61 Å². The Bertz CT molecular complexity index is 890. The molecule has 1 aromatic heterocycles. The SMILES string of the molecule is COc1ccc(C)cc1C(=O)OCc1nc(-c2ccc(F)cc2)no1. The molecule has 0 amide bonds. The van der Waals surface area contributed by atoms with E-state index in [-0.39, 0.29) is 18.3 Å². The Morgan fingerprint density at radius 2 is 1.96 bits per heavy atom. The van der Waals surface area contributed by atoms with E-state index >= 15 is 0 Å². The number of aryl methyl sites for hydroxylation is 1. The minimum Gasteiger partial charge on any atom is -0.496 e. The summed E-state index contributed by atoms with van der Waals surface area (Å²) in [4.78, 5) is 16.4. The first kappa shape index (κ1) is 16.6. The van der Waals surface area contributed by atoms with Crippen LogP contribution in [0.25, 0.3) is 11.4 Å². The molecule has 0 spiro atoms. The van der Waals surface area contributed by atoms with Crippen LogP contribution >= 0.6 is 0 Å². The summed E-state index contributed by atoms with van der Waals surface area (Å²) in [7, 11) is 1.48. The maximum atomic E-state index is 12.9. The minimum absolute atomic E-state index is 0.138. The first-order valence-corrected chi connectivity index (χ1v) is 7.47. The van der Waals surface area contributed by atoms with Crippen LogP contribution in [0.1, 0.15) is 21.8 Å². The average molecular weight is 342 g/mol. The van der Waals surface area contributed by atoms with Gasteiger partial charge in [-0.1, -0.05) is 16.8 Å². The Kier molecular flexibility index (Phi) is 4.74. The normalized spacial score (nSPS) is 10.5. The lowest BCUT2D eigenvalue weighted by atomic mass is 10.1. The Hall–Kier alpha value is -3.22. The van der Waals surface area contributed by atoms with Crippen LogP contribution in [0.2, 0.25) is 0 Å². The number of methoxy groups -OCH3 is 1. The maximum absolute atomic E-state index is 12.9. The second-order valence-corrected chi connectivity index (χ2v) is 5.30. The molecule has 0 bridgehead atoms. The molecule has 7 heteroatoms. The fourth-order valence-electron chi connectivity index (χ4n) is 2.22. The number of esters is 1. The fraction of sp³-hybridized carbons (Fsp3) is 0.167. The Morgan fingerprint density at radius 1 is 1.20 bits per heavy atom. The van der Waals surface area contributed by atoms with Crippen LogP contribution in [-0.4, -0.2) is 23.2 Å². The Morgan fingerprint density at radius 3 is 2.68 bits per heavy atom.